The molecule has 0 saturated carbocycles. The molecule has 0 aliphatic rings. The Morgan fingerprint density at radius 2 is 1.88 bits per heavy atom. The highest BCUT2D eigenvalue weighted by Gasteiger charge is 2.14. The summed E-state index contributed by atoms with van der Waals surface area (Å²) in [6.07, 6.45) is 3.32. The number of nitrogens with zero attached hydrogens (tertiary/aromatic N) is 4. The van der Waals surface area contributed by atoms with Gasteiger partial charge in [0.1, 0.15) is 0 Å². The Hall–Kier alpha value is -2.67. The average molecular weight is 340 g/mol. The summed E-state index contributed by atoms with van der Waals surface area (Å²) in [6.45, 7) is 0.576. The number of carbonyl (C=O) groups is 1. The molecule has 24 heavy (non-hydrogen) atoms. The van der Waals surface area contributed by atoms with E-state index in [1.807, 2.05) is 30.3 Å². The van der Waals surface area contributed by atoms with Crippen molar-refractivity contribution in [2.75, 3.05) is 12.8 Å². The first-order valence-electron chi connectivity index (χ1n) is 7.37. The van der Waals surface area contributed by atoms with Gasteiger partial charge < -0.3 is 9.32 Å². The van der Waals surface area contributed by atoms with Gasteiger partial charge in [0.05, 0.1) is 5.75 Å². The van der Waals surface area contributed by atoms with Gasteiger partial charge in [0, 0.05) is 31.5 Å². The van der Waals surface area contributed by atoms with Gasteiger partial charge in [-0.25, -0.2) is 0 Å². The third kappa shape index (κ3) is 4.20. The Morgan fingerprint density at radius 3 is 2.62 bits per heavy atom. The summed E-state index contributed by atoms with van der Waals surface area (Å²) in [5.41, 5.74) is 1.90. The van der Waals surface area contributed by atoms with E-state index in [0.717, 1.165) is 11.1 Å². The standard InChI is InChI=1S/C17H16N4O2S/c1-21(11-13-5-3-2-4-6-13)15(22)12-24-17-20-19-16(23-17)14-7-9-18-10-8-14/h2-10H,11-12H2,1H3. The molecule has 0 aliphatic carbocycles. The maximum absolute atomic E-state index is 12.2. The van der Waals surface area contributed by atoms with Gasteiger partial charge in [0.25, 0.3) is 5.22 Å². The van der Waals surface area contributed by atoms with Gasteiger partial charge in [-0.1, -0.05) is 42.1 Å². The van der Waals surface area contributed by atoms with E-state index < -0.39 is 0 Å². The van der Waals surface area contributed by atoms with E-state index in [1.165, 1.54) is 11.8 Å². The highest BCUT2D eigenvalue weighted by molar-refractivity contribution is 7.99. The van der Waals surface area contributed by atoms with Gasteiger partial charge in [-0.05, 0) is 17.7 Å². The van der Waals surface area contributed by atoms with Crippen LogP contribution in [0.25, 0.3) is 11.5 Å². The Kier molecular flexibility index (Phi) is 5.22. The van der Waals surface area contributed by atoms with Crippen molar-refractivity contribution in [1.82, 2.24) is 20.1 Å². The third-order valence-corrected chi connectivity index (χ3v) is 4.14. The van der Waals surface area contributed by atoms with Crippen molar-refractivity contribution >= 4 is 17.7 Å². The summed E-state index contributed by atoms with van der Waals surface area (Å²) in [7, 11) is 1.78. The van der Waals surface area contributed by atoms with E-state index in [1.54, 1.807) is 36.5 Å². The summed E-state index contributed by atoms with van der Waals surface area (Å²) >= 11 is 1.24. The summed E-state index contributed by atoms with van der Waals surface area (Å²) < 4.78 is 5.56. The van der Waals surface area contributed by atoms with Crippen LogP contribution < -0.4 is 0 Å². The van der Waals surface area contributed by atoms with Crippen molar-refractivity contribution in [3.05, 3.63) is 60.4 Å². The van der Waals surface area contributed by atoms with E-state index in [-0.39, 0.29) is 11.7 Å². The smallest absolute Gasteiger partial charge is 0.277 e. The van der Waals surface area contributed by atoms with Crippen molar-refractivity contribution in [1.29, 1.82) is 0 Å². The van der Waals surface area contributed by atoms with Crippen molar-refractivity contribution in [3.8, 4) is 11.5 Å². The largest absolute Gasteiger partial charge is 0.411 e. The van der Waals surface area contributed by atoms with Crippen LogP contribution in [-0.2, 0) is 11.3 Å². The molecule has 7 heteroatoms. The van der Waals surface area contributed by atoms with E-state index in [2.05, 4.69) is 15.2 Å². The molecule has 1 amide bonds. The minimum Gasteiger partial charge on any atom is -0.411 e. The zero-order valence-electron chi connectivity index (χ0n) is 13.1. The summed E-state index contributed by atoms with van der Waals surface area (Å²) in [4.78, 5) is 17.8. The molecule has 0 saturated heterocycles. The lowest BCUT2D eigenvalue weighted by Gasteiger charge is -2.16. The molecule has 0 fully saturated rings. The fourth-order valence-corrected chi connectivity index (χ4v) is 2.76. The minimum atomic E-state index is 0.00696. The zero-order chi connectivity index (χ0) is 16.8. The van der Waals surface area contributed by atoms with Crippen LogP contribution >= 0.6 is 11.8 Å². The predicted molar refractivity (Wildman–Crippen MR) is 91.2 cm³/mol. The van der Waals surface area contributed by atoms with Crippen molar-refractivity contribution < 1.29 is 9.21 Å². The molecule has 6 nitrogen and oxygen atoms in total. The van der Waals surface area contributed by atoms with Crippen LogP contribution in [0, 0.1) is 0 Å². The molecule has 0 unspecified atom stereocenters. The number of hydrogen-bond acceptors (Lipinski definition) is 6. The lowest BCUT2D eigenvalue weighted by Crippen LogP contribution is -2.27. The first kappa shape index (κ1) is 16.2. The zero-order valence-corrected chi connectivity index (χ0v) is 13.9. The van der Waals surface area contributed by atoms with Gasteiger partial charge in [-0.15, -0.1) is 10.2 Å². The SMILES string of the molecule is CN(Cc1ccccc1)C(=O)CSc1nnc(-c2ccncc2)o1. The number of carbonyl (C=O) groups excluding carboxylic acids is 1. The molecule has 0 radical (unpaired) electrons. The third-order valence-electron chi connectivity index (χ3n) is 3.34. The lowest BCUT2D eigenvalue weighted by molar-refractivity contribution is -0.127. The molecule has 0 spiro atoms. The maximum atomic E-state index is 12.2. The van der Waals surface area contributed by atoms with Crippen LogP contribution in [0.15, 0.2) is 64.5 Å². The molecule has 0 aliphatic heterocycles. The Balaban J connectivity index is 1.54. The van der Waals surface area contributed by atoms with Crippen LogP contribution in [0.4, 0.5) is 0 Å². The van der Waals surface area contributed by atoms with Crippen molar-refractivity contribution in [3.63, 3.8) is 0 Å². The Bertz CT molecular complexity index is 793. The van der Waals surface area contributed by atoms with Crippen molar-refractivity contribution in [2.45, 2.75) is 11.8 Å². The summed E-state index contributed by atoms with van der Waals surface area (Å²) in [6, 6.07) is 13.5. The summed E-state index contributed by atoms with van der Waals surface area (Å²) in [5.74, 6) is 0.680. The number of hydrogen-bond donors (Lipinski definition) is 0. The first-order chi connectivity index (χ1) is 11.7. The Labute approximate surface area is 143 Å². The van der Waals surface area contributed by atoms with Crippen LogP contribution in [0.5, 0.6) is 0 Å². The van der Waals surface area contributed by atoms with Crippen LogP contribution in [0.1, 0.15) is 5.56 Å². The maximum Gasteiger partial charge on any atom is 0.277 e. The lowest BCUT2D eigenvalue weighted by atomic mass is 10.2. The van der Waals surface area contributed by atoms with Gasteiger partial charge in [0.2, 0.25) is 11.8 Å². The molecule has 3 rings (SSSR count). The van der Waals surface area contributed by atoms with Crippen LogP contribution in [0.2, 0.25) is 0 Å². The number of thioether (sulfide) groups is 1. The molecule has 2 aromatic heterocycles. The molecule has 0 bridgehead atoms. The van der Waals surface area contributed by atoms with Gasteiger partial charge in [-0.3, -0.25) is 9.78 Å². The van der Waals surface area contributed by atoms with E-state index in [0.29, 0.717) is 17.7 Å². The molecule has 0 atom stereocenters. The minimum absolute atomic E-state index is 0.00696. The number of benzene rings is 1. The molecule has 2 heterocycles. The van der Waals surface area contributed by atoms with E-state index >= 15 is 0 Å². The quantitative estimate of drug-likeness (QED) is 0.643. The highest BCUT2D eigenvalue weighted by Crippen LogP contribution is 2.22. The molecule has 0 N–H and O–H groups in total. The second kappa shape index (κ2) is 7.74. The first-order valence-corrected chi connectivity index (χ1v) is 8.35. The highest BCUT2D eigenvalue weighted by atomic mass is 32.2. The van der Waals surface area contributed by atoms with Crippen molar-refractivity contribution in [2.24, 2.45) is 0 Å². The molecular formula is C17H16N4O2S. The molecule has 122 valence electrons. The number of aromatic nitrogens is 3. The van der Waals surface area contributed by atoms with Crippen LogP contribution in [-0.4, -0.2) is 38.8 Å². The van der Waals surface area contributed by atoms with Gasteiger partial charge in [-0.2, -0.15) is 0 Å². The van der Waals surface area contributed by atoms with Gasteiger partial charge in [0.15, 0.2) is 0 Å². The second-order valence-corrected chi connectivity index (χ2v) is 6.06. The molecule has 1 aromatic carbocycles. The van der Waals surface area contributed by atoms with Gasteiger partial charge >= 0.3 is 0 Å². The second-order valence-electron chi connectivity index (χ2n) is 5.13. The predicted octanol–water partition coefficient (Wildman–Crippen LogP) is 2.88. The Morgan fingerprint density at radius 1 is 1.12 bits per heavy atom. The van der Waals surface area contributed by atoms with E-state index in [4.69, 9.17) is 4.42 Å². The normalized spacial score (nSPS) is 10.5. The summed E-state index contributed by atoms with van der Waals surface area (Å²) in [5, 5.41) is 8.33. The molecule has 3 aromatic rings. The van der Waals surface area contributed by atoms with E-state index in [9.17, 15) is 4.79 Å². The van der Waals surface area contributed by atoms with Crippen LogP contribution in [0.3, 0.4) is 0 Å². The number of pyridine rings is 1. The monoisotopic (exact) mass is 340 g/mol. The number of amides is 1. The fraction of sp³-hybridized carbons (Fsp3) is 0.176. The average Bonchev–Trinajstić information content (AvgIpc) is 3.10. The topological polar surface area (TPSA) is 72.1 Å². The fourth-order valence-electron chi connectivity index (χ4n) is 2.06. The number of rotatable bonds is 6. The molecular weight excluding hydrogens is 324 g/mol.